The van der Waals surface area contributed by atoms with Crippen LogP contribution in [0.1, 0.15) is 37.8 Å². The van der Waals surface area contributed by atoms with E-state index in [0.717, 1.165) is 18.4 Å². The van der Waals surface area contributed by atoms with Gasteiger partial charge in [-0.2, -0.15) is 0 Å². The van der Waals surface area contributed by atoms with Gasteiger partial charge in [0.1, 0.15) is 5.75 Å². The lowest BCUT2D eigenvalue weighted by atomic mass is 10.1. The molecule has 0 spiro atoms. The van der Waals surface area contributed by atoms with Crippen molar-refractivity contribution in [1.29, 1.82) is 0 Å². The zero-order valence-corrected chi connectivity index (χ0v) is 21.8. The van der Waals surface area contributed by atoms with Crippen LogP contribution in [0.15, 0.2) is 42.2 Å². The molecule has 8 nitrogen and oxygen atoms in total. The molecular formula is C27H35ClO8. The third-order valence-electron chi connectivity index (χ3n) is 4.91. The Morgan fingerprint density at radius 1 is 0.944 bits per heavy atom. The summed E-state index contributed by atoms with van der Waals surface area (Å²) in [6.45, 7) is 6.04. The standard InChI is InChI=1S/C27H35ClO8/c1-4-6-12-34-25-17-21(18-26(27(29)30)33-5-2)8-10-24(25)35-13-11-20-7-9-23(22(28)16-20)36-19-32-15-14-31-3/h7-10,16-18H,4-6,11-15,19H2,1-3H3,(H,29,30)/b26-18+. The van der Waals surface area contributed by atoms with Gasteiger partial charge in [0.05, 0.1) is 38.1 Å². The number of rotatable bonds is 18. The van der Waals surface area contributed by atoms with Crippen molar-refractivity contribution < 1.29 is 38.3 Å². The van der Waals surface area contributed by atoms with Crippen LogP contribution in [0.25, 0.3) is 6.08 Å². The fourth-order valence-corrected chi connectivity index (χ4v) is 3.30. The Balaban J connectivity index is 2.01. The maximum absolute atomic E-state index is 11.4. The van der Waals surface area contributed by atoms with E-state index in [1.807, 2.05) is 12.1 Å². The fraction of sp³-hybridized carbons (Fsp3) is 0.444. The van der Waals surface area contributed by atoms with Crippen LogP contribution in [0.4, 0.5) is 0 Å². The molecule has 0 aromatic heterocycles. The number of hydrogen-bond donors (Lipinski definition) is 1. The summed E-state index contributed by atoms with van der Waals surface area (Å²) in [5, 5.41) is 9.81. The summed E-state index contributed by atoms with van der Waals surface area (Å²) in [5.74, 6) is 0.419. The minimum Gasteiger partial charge on any atom is -0.490 e. The molecule has 0 aliphatic rings. The maximum Gasteiger partial charge on any atom is 0.371 e. The second-order valence-corrected chi connectivity index (χ2v) is 8.09. The third-order valence-corrected chi connectivity index (χ3v) is 5.20. The molecule has 2 aromatic carbocycles. The molecule has 0 saturated carbocycles. The van der Waals surface area contributed by atoms with Gasteiger partial charge in [0.15, 0.2) is 18.3 Å². The van der Waals surface area contributed by atoms with Crippen LogP contribution in [0, 0.1) is 0 Å². The summed E-state index contributed by atoms with van der Waals surface area (Å²) in [4.78, 5) is 11.4. The lowest BCUT2D eigenvalue weighted by Crippen LogP contribution is -2.08. The Kier molecular flexibility index (Phi) is 13.6. The number of aliphatic carboxylic acids is 1. The van der Waals surface area contributed by atoms with Gasteiger partial charge < -0.3 is 33.5 Å². The zero-order chi connectivity index (χ0) is 26.2. The van der Waals surface area contributed by atoms with Crippen LogP contribution >= 0.6 is 11.6 Å². The number of carbonyl (C=O) groups is 1. The van der Waals surface area contributed by atoms with E-state index in [1.54, 1.807) is 38.3 Å². The molecule has 2 rings (SSSR count). The Morgan fingerprint density at radius 3 is 2.42 bits per heavy atom. The molecule has 0 aliphatic heterocycles. The second-order valence-electron chi connectivity index (χ2n) is 7.68. The number of unbranched alkanes of at least 4 members (excludes halogenated alkanes) is 1. The number of benzene rings is 2. The topological polar surface area (TPSA) is 92.7 Å². The minimum absolute atomic E-state index is 0.0933. The highest BCUT2D eigenvalue weighted by Crippen LogP contribution is 2.30. The van der Waals surface area contributed by atoms with Crippen LogP contribution in [0.5, 0.6) is 17.2 Å². The Labute approximate surface area is 217 Å². The second kappa shape index (κ2) is 16.7. The van der Waals surface area contributed by atoms with E-state index in [9.17, 15) is 9.90 Å². The highest BCUT2D eigenvalue weighted by Gasteiger charge is 2.12. The van der Waals surface area contributed by atoms with Gasteiger partial charge in [-0.05, 0) is 54.8 Å². The first-order valence-corrected chi connectivity index (χ1v) is 12.3. The van der Waals surface area contributed by atoms with E-state index in [4.69, 9.17) is 40.0 Å². The summed E-state index contributed by atoms with van der Waals surface area (Å²) >= 11 is 6.34. The number of ether oxygens (including phenoxy) is 6. The van der Waals surface area contributed by atoms with Gasteiger partial charge in [-0.25, -0.2) is 4.79 Å². The van der Waals surface area contributed by atoms with Gasteiger partial charge in [-0.3, -0.25) is 0 Å². The summed E-state index contributed by atoms with van der Waals surface area (Å²) in [6, 6.07) is 10.9. The van der Waals surface area contributed by atoms with Crippen molar-refractivity contribution >= 4 is 23.6 Å². The van der Waals surface area contributed by atoms with E-state index in [1.165, 1.54) is 6.08 Å². The Bertz CT molecular complexity index is 976. The Hall–Kier alpha value is -2.94. The number of carboxylic acid groups (broad SMARTS) is 1. The number of carboxylic acids is 1. The molecular weight excluding hydrogens is 488 g/mol. The highest BCUT2D eigenvalue weighted by molar-refractivity contribution is 6.32. The first-order chi connectivity index (χ1) is 17.5. The number of methoxy groups -OCH3 is 1. The largest absolute Gasteiger partial charge is 0.490 e. The molecule has 198 valence electrons. The van der Waals surface area contributed by atoms with Crippen molar-refractivity contribution in [2.45, 2.75) is 33.1 Å². The van der Waals surface area contributed by atoms with Crippen molar-refractivity contribution in [3.63, 3.8) is 0 Å². The van der Waals surface area contributed by atoms with Gasteiger partial charge >= 0.3 is 5.97 Å². The molecule has 0 heterocycles. The average molecular weight is 523 g/mol. The van der Waals surface area contributed by atoms with Gasteiger partial charge in [-0.15, -0.1) is 0 Å². The van der Waals surface area contributed by atoms with Crippen LogP contribution in [-0.2, 0) is 25.4 Å². The van der Waals surface area contributed by atoms with Gasteiger partial charge in [0.25, 0.3) is 0 Å². The highest BCUT2D eigenvalue weighted by atomic mass is 35.5. The Morgan fingerprint density at radius 2 is 1.72 bits per heavy atom. The maximum atomic E-state index is 11.4. The fourth-order valence-electron chi connectivity index (χ4n) is 3.05. The smallest absolute Gasteiger partial charge is 0.371 e. The first-order valence-electron chi connectivity index (χ1n) is 11.9. The SMILES string of the molecule is CCCCOc1cc(/C=C(/OCC)C(=O)O)ccc1OCCc1ccc(OCOCCOC)c(Cl)c1. The van der Waals surface area contributed by atoms with E-state index >= 15 is 0 Å². The molecule has 0 saturated heterocycles. The van der Waals surface area contributed by atoms with Gasteiger partial charge in [0, 0.05) is 13.5 Å². The monoisotopic (exact) mass is 522 g/mol. The zero-order valence-electron chi connectivity index (χ0n) is 21.1. The molecule has 0 amide bonds. The molecule has 0 atom stereocenters. The van der Waals surface area contributed by atoms with Crippen molar-refractivity contribution in [1.82, 2.24) is 0 Å². The van der Waals surface area contributed by atoms with Crippen LogP contribution < -0.4 is 14.2 Å². The molecule has 0 bridgehead atoms. The summed E-state index contributed by atoms with van der Waals surface area (Å²) in [6.07, 6.45) is 3.97. The lowest BCUT2D eigenvalue weighted by molar-refractivity contribution is -0.136. The van der Waals surface area contributed by atoms with Crippen molar-refractivity contribution in [2.24, 2.45) is 0 Å². The molecule has 2 aromatic rings. The molecule has 0 aliphatic carbocycles. The lowest BCUT2D eigenvalue weighted by Gasteiger charge is -2.14. The normalized spacial score (nSPS) is 11.3. The van der Waals surface area contributed by atoms with Gasteiger partial charge in [0.2, 0.25) is 5.76 Å². The first kappa shape index (κ1) is 29.3. The van der Waals surface area contributed by atoms with E-state index in [2.05, 4.69) is 6.92 Å². The van der Waals surface area contributed by atoms with E-state index in [-0.39, 0.29) is 19.2 Å². The number of halogens is 1. The summed E-state index contributed by atoms with van der Waals surface area (Å²) in [5.41, 5.74) is 1.64. The summed E-state index contributed by atoms with van der Waals surface area (Å²) in [7, 11) is 1.61. The molecule has 0 fully saturated rings. The molecule has 0 unspecified atom stereocenters. The number of hydrogen-bond acceptors (Lipinski definition) is 7. The molecule has 36 heavy (non-hydrogen) atoms. The van der Waals surface area contributed by atoms with Crippen molar-refractivity contribution in [2.75, 3.05) is 46.9 Å². The van der Waals surface area contributed by atoms with Crippen molar-refractivity contribution in [3.05, 3.63) is 58.3 Å². The van der Waals surface area contributed by atoms with Crippen LogP contribution in [0.2, 0.25) is 5.02 Å². The van der Waals surface area contributed by atoms with E-state index < -0.39 is 5.97 Å². The van der Waals surface area contributed by atoms with Gasteiger partial charge in [-0.1, -0.05) is 37.1 Å². The third kappa shape index (κ3) is 10.4. The quantitative estimate of drug-likeness (QED) is 0.117. The van der Waals surface area contributed by atoms with Crippen LogP contribution in [-0.4, -0.2) is 58.0 Å². The van der Waals surface area contributed by atoms with Crippen LogP contribution in [0.3, 0.4) is 0 Å². The average Bonchev–Trinajstić information content (AvgIpc) is 2.86. The molecule has 9 heteroatoms. The molecule has 1 N–H and O–H groups in total. The van der Waals surface area contributed by atoms with E-state index in [0.29, 0.717) is 60.7 Å². The predicted molar refractivity (Wildman–Crippen MR) is 138 cm³/mol. The predicted octanol–water partition coefficient (Wildman–Crippen LogP) is 5.60. The van der Waals surface area contributed by atoms with Crippen molar-refractivity contribution in [3.8, 4) is 17.2 Å². The summed E-state index contributed by atoms with van der Waals surface area (Å²) < 4.78 is 32.9. The molecule has 0 radical (unpaired) electrons. The minimum atomic E-state index is -1.13.